The predicted molar refractivity (Wildman–Crippen MR) is 146 cm³/mol. The van der Waals surface area contributed by atoms with Crippen molar-refractivity contribution < 1.29 is 24.7 Å². The lowest BCUT2D eigenvalue weighted by Crippen LogP contribution is -2.58. The zero-order valence-electron chi connectivity index (χ0n) is 22.2. The van der Waals surface area contributed by atoms with E-state index in [4.69, 9.17) is 24.7 Å². The quantitative estimate of drug-likeness (QED) is 0.244. The van der Waals surface area contributed by atoms with Gasteiger partial charge >= 0.3 is 25.7 Å². The van der Waals surface area contributed by atoms with E-state index in [-0.39, 0.29) is 0 Å². The molecule has 0 aliphatic heterocycles. The first kappa shape index (κ1) is 31.3. The monoisotopic (exact) mass is 546 g/mol. The molecule has 182 valence electrons. The maximum atomic E-state index is 6.77. The first-order valence-electron chi connectivity index (χ1n) is 11.3. The highest BCUT2D eigenvalue weighted by Gasteiger charge is 2.46. The summed E-state index contributed by atoms with van der Waals surface area (Å²) < 4.78 is 38.9. The Morgan fingerprint density at radius 2 is 0.900 bits per heavy atom. The van der Waals surface area contributed by atoms with Gasteiger partial charge in [0.25, 0.3) is 18.6 Å². The topological polar surface area (TPSA) is 55.4 Å². The van der Waals surface area contributed by atoms with Crippen LogP contribution in [0.2, 0.25) is 91.2 Å². The normalized spacial score (nSPS) is 18.2. The van der Waals surface area contributed by atoms with E-state index in [9.17, 15) is 0 Å². The molecule has 0 heterocycles. The molecule has 30 heavy (non-hydrogen) atoms. The third kappa shape index (κ3) is 16.0. The summed E-state index contributed by atoms with van der Waals surface area (Å²) in [4.78, 5) is 0. The van der Waals surface area contributed by atoms with E-state index in [0.29, 0.717) is 0 Å². The summed E-state index contributed by atoms with van der Waals surface area (Å²) in [5.41, 5.74) is 0. The van der Waals surface area contributed by atoms with Crippen LogP contribution in [0, 0.1) is 0 Å². The molecule has 0 aliphatic carbocycles. The van der Waals surface area contributed by atoms with Crippen LogP contribution in [0.5, 0.6) is 0 Å². The third-order valence-electron chi connectivity index (χ3n) is 3.85. The van der Waals surface area contributed by atoms with Crippen molar-refractivity contribution >= 4 is 60.9 Å². The molecular formula is C17H50O6Si7. The summed E-state index contributed by atoms with van der Waals surface area (Å²) in [6.07, 6.45) is 2.21. The first-order chi connectivity index (χ1) is 13.2. The van der Waals surface area contributed by atoms with Gasteiger partial charge in [-0.1, -0.05) is 19.8 Å². The number of hydrogen-bond acceptors (Lipinski definition) is 6. The van der Waals surface area contributed by atoms with Crippen molar-refractivity contribution in [3.8, 4) is 0 Å². The summed E-state index contributed by atoms with van der Waals surface area (Å²) in [7, 11) is -13.9. The Hall–Kier alpha value is 1.28. The zero-order chi connectivity index (χ0) is 24.0. The molecule has 6 nitrogen and oxygen atoms in total. The second-order valence-electron chi connectivity index (χ2n) is 11.1. The highest BCUT2D eigenvalue weighted by molar-refractivity contribution is 6.88. The van der Waals surface area contributed by atoms with Crippen LogP contribution in [-0.4, -0.2) is 60.9 Å². The maximum Gasteiger partial charge on any atom is 0.317 e. The van der Waals surface area contributed by atoms with Crippen LogP contribution in [0.4, 0.5) is 0 Å². The Labute approximate surface area is 196 Å². The average molecular weight is 547 g/mol. The number of hydrogen-bond donors (Lipinski definition) is 0. The molecule has 0 bridgehead atoms. The van der Waals surface area contributed by atoms with Gasteiger partial charge in [0.15, 0.2) is 16.6 Å². The minimum Gasteiger partial charge on any atom is -0.439 e. The predicted octanol–water partition coefficient (Wildman–Crippen LogP) is 5.73. The van der Waals surface area contributed by atoms with E-state index in [1.807, 2.05) is 0 Å². The molecular weight excluding hydrogens is 497 g/mol. The fourth-order valence-electron chi connectivity index (χ4n) is 3.55. The van der Waals surface area contributed by atoms with Crippen LogP contribution in [0.15, 0.2) is 0 Å². The molecule has 13 heteroatoms. The molecule has 2 unspecified atom stereocenters. The van der Waals surface area contributed by atoms with Gasteiger partial charge in [0.1, 0.15) is 0 Å². The fraction of sp³-hybridized carbons (Fsp3) is 1.00. The Morgan fingerprint density at radius 3 is 1.17 bits per heavy atom. The first-order valence-corrected chi connectivity index (χ1v) is 30.5. The van der Waals surface area contributed by atoms with Crippen molar-refractivity contribution in [3.05, 3.63) is 0 Å². The summed E-state index contributed by atoms with van der Waals surface area (Å²) in [6.45, 7) is 30.4. The van der Waals surface area contributed by atoms with Gasteiger partial charge in [0.2, 0.25) is 0 Å². The number of unbranched alkanes of at least 4 members (excludes halogenated alkanes) is 1. The highest BCUT2D eigenvalue weighted by atomic mass is 28.5. The van der Waals surface area contributed by atoms with E-state index in [2.05, 4.69) is 92.0 Å². The molecule has 0 aromatic rings. The summed E-state index contributed by atoms with van der Waals surface area (Å²) in [5.74, 6) is 0. The van der Waals surface area contributed by atoms with E-state index < -0.39 is 60.9 Å². The lowest BCUT2D eigenvalue weighted by molar-refractivity contribution is 0.276. The average Bonchev–Trinajstić information content (AvgIpc) is 2.37. The van der Waals surface area contributed by atoms with E-state index >= 15 is 0 Å². The minimum atomic E-state index is -2.46. The smallest absolute Gasteiger partial charge is 0.317 e. The standard InChI is InChI=1S/C17H50O6Si7/c1-15-16-17-30(14,22-28(10,11)20-24(2)18-26(4,5)6)23-29(12,13)21-25(3)19-27(7,8)9/h24-25H,15-17H2,1-14H3. The molecule has 0 amide bonds. The zero-order valence-corrected chi connectivity index (χ0v) is 29.5. The second-order valence-corrected chi connectivity index (χ2v) is 35.6. The third-order valence-corrected chi connectivity index (χ3v) is 28.0. The molecule has 0 aromatic heterocycles. The number of rotatable bonds is 15. The summed E-state index contributed by atoms with van der Waals surface area (Å²) in [5, 5.41) is 0. The molecule has 2 atom stereocenters. The SMILES string of the molecule is CCCC[Si](C)(O[Si](C)(C)O[SiH](C)O[Si](C)(C)C)O[Si](C)(C)O[SiH](C)O[Si](C)(C)C. The van der Waals surface area contributed by atoms with Crippen molar-refractivity contribution in [2.45, 2.75) is 111 Å². The van der Waals surface area contributed by atoms with E-state index in [1.165, 1.54) is 0 Å². The van der Waals surface area contributed by atoms with Gasteiger partial charge in [-0.2, -0.15) is 0 Å². The van der Waals surface area contributed by atoms with Gasteiger partial charge < -0.3 is 24.7 Å². The van der Waals surface area contributed by atoms with Gasteiger partial charge in [-0.25, -0.2) is 0 Å². The van der Waals surface area contributed by atoms with Crippen molar-refractivity contribution in [2.75, 3.05) is 0 Å². The van der Waals surface area contributed by atoms with Crippen molar-refractivity contribution in [1.29, 1.82) is 0 Å². The minimum absolute atomic E-state index is 0.957. The molecule has 0 spiro atoms. The fourth-order valence-corrected chi connectivity index (χ4v) is 31.1. The van der Waals surface area contributed by atoms with E-state index in [0.717, 1.165) is 18.9 Å². The molecule has 0 saturated heterocycles. The van der Waals surface area contributed by atoms with E-state index in [1.54, 1.807) is 0 Å². The Balaban J connectivity index is 5.27. The van der Waals surface area contributed by atoms with Gasteiger partial charge in [-0.3, -0.25) is 0 Å². The second kappa shape index (κ2) is 12.1. The van der Waals surface area contributed by atoms with Crippen LogP contribution < -0.4 is 0 Å². The largest absolute Gasteiger partial charge is 0.439 e. The van der Waals surface area contributed by atoms with Crippen LogP contribution in [0.25, 0.3) is 0 Å². The van der Waals surface area contributed by atoms with Crippen LogP contribution in [0.3, 0.4) is 0 Å². The van der Waals surface area contributed by atoms with Gasteiger partial charge in [0, 0.05) is 0 Å². The molecule has 0 radical (unpaired) electrons. The summed E-state index contributed by atoms with van der Waals surface area (Å²) in [6, 6.07) is 0.957. The molecule has 0 fully saturated rings. The van der Waals surface area contributed by atoms with Crippen molar-refractivity contribution in [1.82, 2.24) is 0 Å². The van der Waals surface area contributed by atoms with Crippen LogP contribution >= 0.6 is 0 Å². The highest BCUT2D eigenvalue weighted by Crippen LogP contribution is 2.28. The van der Waals surface area contributed by atoms with Gasteiger partial charge in [0.05, 0.1) is 0 Å². The molecule has 0 N–H and O–H groups in total. The lowest BCUT2D eigenvalue weighted by Gasteiger charge is -2.41. The Morgan fingerprint density at radius 1 is 0.567 bits per heavy atom. The lowest BCUT2D eigenvalue weighted by atomic mass is 10.4. The maximum absolute atomic E-state index is 6.77. The summed E-state index contributed by atoms with van der Waals surface area (Å²) >= 11 is 0. The van der Waals surface area contributed by atoms with Gasteiger partial charge in [-0.15, -0.1) is 0 Å². The van der Waals surface area contributed by atoms with Crippen LogP contribution in [-0.2, 0) is 24.7 Å². The van der Waals surface area contributed by atoms with Crippen molar-refractivity contribution in [2.24, 2.45) is 0 Å². The van der Waals surface area contributed by atoms with Crippen LogP contribution in [0.1, 0.15) is 19.8 Å². The molecule has 0 rings (SSSR count). The Bertz CT molecular complexity index is 470. The molecule has 0 aromatic carbocycles. The Kier molecular flexibility index (Phi) is 12.6. The van der Waals surface area contributed by atoms with Gasteiger partial charge in [-0.05, 0) is 91.2 Å². The molecule has 0 saturated carbocycles. The van der Waals surface area contributed by atoms with Crippen molar-refractivity contribution in [3.63, 3.8) is 0 Å². The molecule has 0 aliphatic rings.